The maximum absolute atomic E-state index is 11.9. The Labute approximate surface area is 102 Å². The number of aliphatic hydroxyl groups is 1. The summed E-state index contributed by atoms with van der Waals surface area (Å²) in [6.45, 7) is -0.0667. The lowest BCUT2D eigenvalue weighted by Crippen LogP contribution is -2.25. The van der Waals surface area contributed by atoms with Gasteiger partial charge in [-0.25, -0.2) is 4.79 Å². The van der Waals surface area contributed by atoms with E-state index in [2.05, 4.69) is 0 Å². The summed E-state index contributed by atoms with van der Waals surface area (Å²) in [6.07, 6.45) is -8.03. The van der Waals surface area contributed by atoms with Crippen molar-refractivity contribution in [1.82, 2.24) is 0 Å². The fraction of sp³-hybridized carbons (Fsp3) is 0.417. The molecular formula is C12H13F3O3. The molecule has 0 aliphatic heterocycles. The molecule has 0 radical (unpaired) electrons. The van der Waals surface area contributed by atoms with Gasteiger partial charge < -0.3 is 9.84 Å². The van der Waals surface area contributed by atoms with Gasteiger partial charge in [0.15, 0.2) is 6.10 Å². The van der Waals surface area contributed by atoms with E-state index in [1.807, 2.05) is 0 Å². The minimum absolute atomic E-state index is 0.0667. The fourth-order valence-electron chi connectivity index (χ4n) is 1.24. The second-order valence-corrected chi connectivity index (χ2v) is 3.76. The van der Waals surface area contributed by atoms with Gasteiger partial charge in [-0.05, 0) is 12.0 Å². The monoisotopic (exact) mass is 262 g/mol. The molecule has 1 unspecified atom stereocenters. The Morgan fingerprint density at radius 2 is 1.89 bits per heavy atom. The first-order chi connectivity index (χ1) is 8.38. The zero-order chi connectivity index (χ0) is 13.6. The van der Waals surface area contributed by atoms with E-state index >= 15 is 0 Å². The van der Waals surface area contributed by atoms with Crippen LogP contribution in [0.3, 0.4) is 0 Å². The summed E-state index contributed by atoms with van der Waals surface area (Å²) in [5.74, 6) is -1.04. The highest BCUT2D eigenvalue weighted by molar-refractivity contribution is 5.74. The Kier molecular flexibility index (Phi) is 5.15. The molecular weight excluding hydrogens is 249 g/mol. The Balaban J connectivity index is 2.32. The number of hydrogen-bond donors (Lipinski definition) is 1. The first kappa shape index (κ1) is 14.5. The fourth-order valence-corrected chi connectivity index (χ4v) is 1.24. The highest BCUT2D eigenvalue weighted by Gasteiger charge is 2.30. The van der Waals surface area contributed by atoms with Crippen molar-refractivity contribution >= 4 is 5.97 Å². The molecule has 1 aromatic carbocycles. The van der Waals surface area contributed by atoms with E-state index < -0.39 is 31.1 Å². The van der Waals surface area contributed by atoms with Crippen LogP contribution in [0.2, 0.25) is 0 Å². The van der Waals surface area contributed by atoms with Gasteiger partial charge in [-0.3, -0.25) is 0 Å². The zero-order valence-electron chi connectivity index (χ0n) is 9.48. The molecule has 0 saturated heterocycles. The van der Waals surface area contributed by atoms with E-state index in [0.29, 0.717) is 5.56 Å². The lowest BCUT2D eigenvalue weighted by Gasteiger charge is -2.12. The molecule has 0 heterocycles. The predicted molar refractivity (Wildman–Crippen MR) is 57.5 cm³/mol. The summed E-state index contributed by atoms with van der Waals surface area (Å²) in [5.41, 5.74) is 0.703. The molecule has 0 aromatic heterocycles. The van der Waals surface area contributed by atoms with Gasteiger partial charge in [-0.15, -0.1) is 0 Å². The van der Waals surface area contributed by atoms with E-state index in [1.54, 1.807) is 30.3 Å². The molecule has 1 aromatic rings. The van der Waals surface area contributed by atoms with Crippen LogP contribution in [0.25, 0.3) is 0 Å². The second-order valence-electron chi connectivity index (χ2n) is 3.76. The second kappa shape index (κ2) is 6.39. The molecule has 0 bridgehead atoms. The Bertz CT molecular complexity index is 376. The normalized spacial score (nSPS) is 13.1. The summed E-state index contributed by atoms with van der Waals surface area (Å²) >= 11 is 0. The van der Waals surface area contributed by atoms with Gasteiger partial charge >= 0.3 is 12.1 Å². The van der Waals surface area contributed by atoms with Gasteiger partial charge in [-0.2, -0.15) is 13.2 Å². The lowest BCUT2D eigenvalue weighted by molar-refractivity contribution is -0.161. The number of halogens is 3. The van der Waals surface area contributed by atoms with E-state index in [-0.39, 0.29) is 6.61 Å². The van der Waals surface area contributed by atoms with Crippen molar-refractivity contribution < 1.29 is 27.8 Å². The summed E-state index contributed by atoms with van der Waals surface area (Å²) < 4.78 is 40.3. The van der Waals surface area contributed by atoms with Crippen molar-refractivity contribution in [3.05, 3.63) is 35.9 Å². The van der Waals surface area contributed by atoms with Gasteiger partial charge in [0, 0.05) is 6.42 Å². The Morgan fingerprint density at radius 3 is 2.44 bits per heavy atom. The minimum Gasteiger partial charge on any atom is -0.459 e. The van der Waals surface area contributed by atoms with Crippen LogP contribution < -0.4 is 0 Å². The van der Waals surface area contributed by atoms with Crippen LogP contribution in [0.15, 0.2) is 30.3 Å². The quantitative estimate of drug-likeness (QED) is 0.829. The smallest absolute Gasteiger partial charge is 0.389 e. The van der Waals surface area contributed by atoms with Crippen molar-refractivity contribution in [3.8, 4) is 0 Å². The van der Waals surface area contributed by atoms with Crippen LogP contribution in [-0.2, 0) is 16.1 Å². The lowest BCUT2D eigenvalue weighted by atomic mass is 10.2. The maximum Gasteiger partial charge on any atom is 0.389 e. The summed E-state index contributed by atoms with van der Waals surface area (Å²) in [7, 11) is 0. The first-order valence-electron chi connectivity index (χ1n) is 5.34. The highest BCUT2D eigenvalue weighted by Crippen LogP contribution is 2.22. The van der Waals surface area contributed by atoms with Crippen molar-refractivity contribution in [1.29, 1.82) is 0 Å². The molecule has 1 N–H and O–H groups in total. The van der Waals surface area contributed by atoms with Crippen molar-refractivity contribution in [3.63, 3.8) is 0 Å². The van der Waals surface area contributed by atoms with Crippen LogP contribution >= 0.6 is 0 Å². The number of aliphatic hydroxyl groups excluding tert-OH is 1. The van der Waals surface area contributed by atoms with Gasteiger partial charge in [0.25, 0.3) is 0 Å². The molecule has 0 aliphatic rings. The number of ether oxygens (including phenoxy) is 1. The Hall–Kier alpha value is -1.56. The summed E-state index contributed by atoms with van der Waals surface area (Å²) in [5, 5.41) is 9.18. The van der Waals surface area contributed by atoms with Crippen molar-refractivity contribution in [2.45, 2.75) is 31.7 Å². The molecule has 1 atom stereocenters. The standard InChI is InChI=1S/C12H13F3O3/c13-12(14,15)7-6-10(16)11(17)18-8-9-4-2-1-3-5-9/h1-5,10,16H,6-8H2. The van der Waals surface area contributed by atoms with E-state index in [9.17, 15) is 23.1 Å². The highest BCUT2D eigenvalue weighted by atomic mass is 19.4. The molecule has 1 rings (SSSR count). The third-order valence-electron chi connectivity index (χ3n) is 2.20. The van der Waals surface area contributed by atoms with E-state index in [4.69, 9.17) is 4.74 Å². The molecule has 18 heavy (non-hydrogen) atoms. The third-order valence-corrected chi connectivity index (χ3v) is 2.20. The number of carbonyl (C=O) groups excluding carboxylic acids is 1. The number of esters is 1. The van der Waals surface area contributed by atoms with Crippen LogP contribution in [0, 0.1) is 0 Å². The van der Waals surface area contributed by atoms with Gasteiger partial charge in [0.2, 0.25) is 0 Å². The van der Waals surface area contributed by atoms with Crippen LogP contribution in [-0.4, -0.2) is 23.4 Å². The van der Waals surface area contributed by atoms with Crippen molar-refractivity contribution in [2.75, 3.05) is 0 Å². The molecule has 6 heteroatoms. The number of benzene rings is 1. The summed E-state index contributed by atoms with van der Waals surface area (Å²) in [6, 6.07) is 8.67. The number of alkyl halides is 3. The van der Waals surface area contributed by atoms with Crippen molar-refractivity contribution in [2.24, 2.45) is 0 Å². The molecule has 0 amide bonds. The molecule has 100 valence electrons. The van der Waals surface area contributed by atoms with Gasteiger partial charge in [0.1, 0.15) is 6.61 Å². The van der Waals surface area contributed by atoms with E-state index in [0.717, 1.165) is 0 Å². The minimum atomic E-state index is -4.39. The molecule has 3 nitrogen and oxygen atoms in total. The van der Waals surface area contributed by atoms with Gasteiger partial charge in [0.05, 0.1) is 0 Å². The Morgan fingerprint density at radius 1 is 1.28 bits per heavy atom. The number of rotatable bonds is 5. The molecule has 0 spiro atoms. The molecule has 0 fully saturated rings. The average Bonchev–Trinajstić information content (AvgIpc) is 2.33. The topological polar surface area (TPSA) is 46.5 Å². The average molecular weight is 262 g/mol. The van der Waals surface area contributed by atoms with E-state index in [1.165, 1.54) is 0 Å². The first-order valence-corrected chi connectivity index (χ1v) is 5.34. The molecule has 0 saturated carbocycles. The zero-order valence-corrected chi connectivity index (χ0v) is 9.48. The number of hydrogen-bond acceptors (Lipinski definition) is 3. The van der Waals surface area contributed by atoms with Crippen LogP contribution in [0.1, 0.15) is 18.4 Å². The maximum atomic E-state index is 11.9. The number of carbonyl (C=O) groups is 1. The third kappa shape index (κ3) is 5.67. The largest absolute Gasteiger partial charge is 0.459 e. The predicted octanol–water partition coefficient (Wildman–Crippen LogP) is 2.43. The molecule has 0 aliphatic carbocycles. The van der Waals surface area contributed by atoms with Gasteiger partial charge in [-0.1, -0.05) is 30.3 Å². The SMILES string of the molecule is O=C(OCc1ccccc1)C(O)CCC(F)(F)F. The van der Waals surface area contributed by atoms with Crippen LogP contribution in [0.4, 0.5) is 13.2 Å². The van der Waals surface area contributed by atoms with Crippen LogP contribution in [0.5, 0.6) is 0 Å². The summed E-state index contributed by atoms with van der Waals surface area (Å²) in [4.78, 5) is 11.2.